The van der Waals surface area contributed by atoms with Crippen molar-refractivity contribution >= 4 is 16.8 Å². The van der Waals surface area contributed by atoms with Crippen molar-refractivity contribution in [1.82, 2.24) is 0 Å². The minimum atomic E-state index is -4.52. The Labute approximate surface area is 60.1 Å². The van der Waals surface area contributed by atoms with Crippen LogP contribution >= 0.6 is 11.8 Å². The normalized spacial score (nSPS) is 13.8. The molecule has 60 valence electrons. The van der Waals surface area contributed by atoms with E-state index in [1.807, 2.05) is 0 Å². The number of thioether (sulfide) groups is 1. The molecule has 2 nitrogen and oxygen atoms in total. The summed E-state index contributed by atoms with van der Waals surface area (Å²) in [6.07, 6.45) is -4.52. The first-order chi connectivity index (χ1) is 4.52. The molecular weight excluding hydrogens is 167 g/mol. The van der Waals surface area contributed by atoms with Crippen LogP contribution in [0.25, 0.3) is 0 Å². The van der Waals surface area contributed by atoms with E-state index >= 15 is 0 Å². The molecule has 0 spiro atoms. The molecule has 0 aromatic rings. The first-order valence-electron chi connectivity index (χ1n) is 2.44. The topological polar surface area (TPSA) is 32.6 Å². The molecule has 0 atom stereocenters. The van der Waals surface area contributed by atoms with Crippen LogP contribution in [0.1, 0.15) is 6.92 Å². The van der Waals surface area contributed by atoms with Gasteiger partial charge in [-0.15, -0.1) is 0 Å². The van der Waals surface area contributed by atoms with Crippen molar-refractivity contribution in [3.8, 4) is 0 Å². The Bertz CT molecular complexity index is 133. The molecule has 0 unspecified atom stereocenters. The second kappa shape index (κ2) is 3.70. The molecule has 0 aromatic heterocycles. The molecule has 0 bridgehead atoms. The molecule has 0 radical (unpaired) electrons. The SMILES string of the molecule is CCS/C(=N\O)C(F)(F)F. The Hall–Kier alpha value is -0.390. The molecule has 0 rings (SSSR count). The Kier molecular flexibility index (Phi) is 3.55. The predicted octanol–water partition coefficient (Wildman–Crippen LogP) is 2.09. The van der Waals surface area contributed by atoms with E-state index < -0.39 is 11.2 Å². The molecule has 6 heteroatoms. The summed E-state index contributed by atoms with van der Waals surface area (Å²) in [4.78, 5) is 0. The fraction of sp³-hybridized carbons (Fsp3) is 0.750. The van der Waals surface area contributed by atoms with Crippen LogP contribution < -0.4 is 0 Å². The van der Waals surface area contributed by atoms with Gasteiger partial charge in [0, 0.05) is 0 Å². The van der Waals surface area contributed by atoms with E-state index in [0.717, 1.165) is 0 Å². The summed E-state index contributed by atoms with van der Waals surface area (Å²) >= 11 is 0.458. The maximum atomic E-state index is 11.6. The van der Waals surface area contributed by atoms with E-state index in [0.29, 0.717) is 11.8 Å². The highest BCUT2D eigenvalue weighted by molar-refractivity contribution is 8.14. The smallest absolute Gasteiger partial charge is 0.410 e. The number of oxime groups is 1. The highest BCUT2D eigenvalue weighted by atomic mass is 32.2. The van der Waals surface area contributed by atoms with Gasteiger partial charge < -0.3 is 5.21 Å². The molecule has 1 N–H and O–H groups in total. The Balaban J connectivity index is 4.10. The Morgan fingerprint density at radius 2 is 2.10 bits per heavy atom. The third-order valence-corrected chi connectivity index (χ3v) is 1.49. The van der Waals surface area contributed by atoms with Gasteiger partial charge in [0.2, 0.25) is 5.04 Å². The third-order valence-electron chi connectivity index (χ3n) is 0.614. The summed E-state index contributed by atoms with van der Waals surface area (Å²) < 4.78 is 34.8. The van der Waals surface area contributed by atoms with Gasteiger partial charge in [0.25, 0.3) is 0 Å². The van der Waals surface area contributed by atoms with E-state index in [-0.39, 0.29) is 5.75 Å². The van der Waals surface area contributed by atoms with Crippen LogP contribution in [0.4, 0.5) is 13.2 Å². The fourth-order valence-electron chi connectivity index (χ4n) is 0.304. The van der Waals surface area contributed by atoms with Crippen molar-refractivity contribution in [2.45, 2.75) is 13.1 Å². The van der Waals surface area contributed by atoms with E-state index in [4.69, 9.17) is 5.21 Å². The molecule has 10 heavy (non-hydrogen) atoms. The van der Waals surface area contributed by atoms with Gasteiger partial charge in [-0.05, 0) is 5.75 Å². The van der Waals surface area contributed by atoms with Crippen molar-refractivity contribution in [2.75, 3.05) is 5.75 Å². The van der Waals surface area contributed by atoms with Gasteiger partial charge in [-0.1, -0.05) is 23.8 Å². The lowest BCUT2D eigenvalue weighted by Crippen LogP contribution is -2.19. The fourth-order valence-corrected chi connectivity index (χ4v) is 0.799. The number of rotatable bonds is 1. The van der Waals surface area contributed by atoms with Crippen LogP contribution in [0.15, 0.2) is 5.16 Å². The minimum Gasteiger partial charge on any atom is -0.410 e. The van der Waals surface area contributed by atoms with Crippen LogP contribution in [0.2, 0.25) is 0 Å². The summed E-state index contributed by atoms with van der Waals surface area (Å²) in [6, 6.07) is 0. The highest BCUT2D eigenvalue weighted by Gasteiger charge is 2.36. The van der Waals surface area contributed by atoms with Gasteiger partial charge in [-0.2, -0.15) is 13.2 Å². The van der Waals surface area contributed by atoms with Gasteiger partial charge in [0.15, 0.2) is 0 Å². The van der Waals surface area contributed by atoms with Crippen molar-refractivity contribution in [2.24, 2.45) is 5.16 Å². The molecule has 0 aliphatic heterocycles. The standard InChI is InChI=1S/C4H6F3NOS/c1-2-10-3(8-9)4(5,6)7/h9H,2H2,1H3/b8-3-. The van der Waals surface area contributed by atoms with Gasteiger partial charge in [0.05, 0.1) is 0 Å². The molecule has 0 heterocycles. The number of hydrogen-bond acceptors (Lipinski definition) is 3. The highest BCUT2D eigenvalue weighted by Crippen LogP contribution is 2.24. The lowest BCUT2D eigenvalue weighted by Gasteiger charge is -2.04. The Morgan fingerprint density at radius 1 is 1.60 bits per heavy atom. The summed E-state index contributed by atoms with van der Waals surface area (Å²) in [6.45, 7) is 1.54. The lowest BCUT2D eigenvalue weighted by molar-refractivity contribution is -0.0573. The van der Waals surface area contributed by atoms with E-state index in [1.165, 1.54) is 0 Å². The average Bonchev–Trinajstić information content (AvgIpc) is 1.80. The van der Waals surface area contributed by atoms with Crippen molar-refractivity contribution in [1.29, 1.82) is 0 Å². The predicted molar refractivity (Wildman–Crippen MR) is 33.4 cm³/mol. The summed E-state index contributed by atoms with van der Waals surface area (Å²) in [5, 5.41) is 8.74. The molecule has 0 saturated heterocycles. The number of halogens is 3. The zero-order valence-corrected chi connectivity index (χ0v) is 5.96. The minimum absolute atomic E-state index is 0.235. The largest absolute Gasteiger partial charge is 0.442 e. The van der Waals surface area contributed by atoms with Crippen molar-refractivity contribution in [3.05, 3.63) is 0 Å². The van der Waals surface area contributed by atoms with Gasteiger partial charge >= 0.3 is 6.18 Å². The summed E-state index contributed by atoms with van der Waals surface area (Å²) in [5.41, 5.74) is 0. The quantitative estimate of drug-likeness (QED) is 0.285. The molecule has 0 aliphatic rings. The molecular formula is C4H6F3NOS. The van der Waals surface area contributed by atoms with Crippen molar-refractivity contribution < 1.29 is 18.4 Å². The van der Waals surface area contributed by atoms with E-state index in [1.54, 1.807) is 6.92 Å². The van der Waals surface area contributed by atoms with Crippen LogP contribution in [0.3, 0.4) is 0 Å². The average molecular weight is 173 g/mol. The zero-order valence-electron chi connectivity index (χ0n) is 5.14. The van der Waals surface area contributed by atoms with Crippen LogP contribution in [-0.4, -0.2) is 22.2 Å². The third kappa shape index (κ3) is 2.95. The molecule has 0 saturated carbocycles. The van der Waals surface area contributed by atoms with Crippen molar-refractivity contribution in [3.63, 3.8) is 0 Å². The molecule has 0 fully saturated rings. The Morgan fingerprint density at radius 3 is 2.20 bits per heavy atom. The van der Waals surface area contributed by atoms with Crippen LogP contribution in [0, 0.1) is 0 Å². The second-order valence-electron chi connectivity index (χ2n) is 1.34. The number of alkyl halides is 3. The van der Waals surface area contributed by atoms with Gasteiger partial charge in [-0.25, -0.2) is 0 Å². The molecule has 0 amide bonds. The first-order valence-corrected chi connectivity index (χ1v) is 3.43. The van der Waals surface area contributed by atoms with Gasteiger partial charge in [-0.3, -0.25) is 0 Å². The van der Waals surface area contributed by atoms with E-state index in [9.17, 15) is 13.2 Å². The maximum Gasteiger partial charge on any atom is 0.442 e. The second-order valence-corrected chi connectivity index (χ2v) is 2.59. The molecule has 0 aromatic carbocycles. The number of nitrogens with zero attached hydrogens (tertiary/aromatic N) is 1. The van der Waals surface area contributed by atoms with Crippen LogP contribution in [-0.2, 0) is 0 Å². The molecule has 0 aliphatic carbocycles. The van der Waals surface area contributed by atoms with E-state index in [2.05, 4.69) is 5.16 Å². The van der Waals surface area contributed by atoms with Crippen LogP contribution in [0.5, 0.6) is 0 Å². The maximum absolute atomic E-state index is 11.6. The van der Waals surface area contributed by atoms with Gasteiger partial charge in [0.1, 0.15) is 0 Å². The first kappa shape index (κ1) is 9.61. The lowest BCUT2D eigenvalue weighted by atomic mass is 10.7. The summed E-state index contributed by atoms with van der Waals surface area (Å²) in [7, 11) is 0. The zero-order chi connectivity index (χ0) is 8.20. The number of hydrogen-bond donors (Lipinski definition) is 1. The monoisotopic (exact) mass is 173 g/mol. The summed E-state index contributed by atoms with van der Waals surface area (Å²) in [5.74, 6) is 0.235.